The highest BCUT2D eigenvalue weighted by atomic mass is 16.5. The molecule has 86 valence electrons. The summed E-state index contributed by atoms with van der Waals surface area (Å²) < 4.78 is 6.30. The van der Waals surface area contributed by atoms with Crippen LogP contribution >= 0.6 is 0 Å². The van der Waals surface area contributed by atoms with E-state index in [0.717, 1.165) is 0 Å². The van der Waals surface area contributed by atoms with Crippen molar-refractivity contribution in [3.63, 3.8) is 0 Å². The van der Waals surface area contributed by atoms with Crippen molar-refractivity contribution >= 4 is 6.29 Å². The van der Waals surface area contributed by atoms with E-state index in [1.807, 2.05) is 0 Å². The van der Waals surface area contributed by atoms with Gasteiger partial charge in [-0.05, 0) is 12.1 Å². The minimum absolute atomic E-state index is 0.0684. The fraction of sp³-hybridized carbons (Fsp3) is 0.0909. The lowest BCUT2D eigenvalue weighted by atomic mass is 10.3. The Labute approximate surface area is 96.5 Å². The molecule has 0 spiro atoms. The lowest BCUT2D eigenvalue weighted by molar-refractivity contribution is 0.111. The van der Waals surface area contributed by atoms with E-state index in [0.29, 0.717) is 12.0 Å². The molecule has 0 saturated heterocycles. The average molecular weight is 231 g/mol. The maximum absolute atomic E-state index is 11.6. The normalized spacial score (nSPS) is 9.94. The maximum Gasteiger partial charge on any atom is 0.252 e. The van der Waals surface area contributed by atoms with Crippen LogP contribution in [0.5, 0.6) is 5.75 Å². The summed E-state index contributed by atoms with van der Waals surface area (Å²) in [6.07, 6.45) is 5.00. The van der Waals surface area contributed by atoms with E-state index in [4.69, 9.17) is 4.74 Å². The summed E-state index contributed by atoms with van der Waals surface area (Å²) >= 11 is 0. The Kier molecular flexibility index (Phi) is 2.95. The van der Waals surface area contributed by atoms with Crippen molar-refractivity contribution in [3.8, 4) is 11.4 Å². The third-order valence-corrected chi connectivity index (χ3v) is 2.17. The Morgan fingerprint density at radius 1 is 1.35 bits per heavy atom. The van der Waals surface area contributed by atoms with Gasteiger partial charge in [0.25, 0.3) is 5.43 Å². The first-order valence-electron chi connectivity index (χ1n) is 4.80. The van der Waals surface area contributed by atoms with Gasteiger partial charge in [-0.25, -0.2) is 4.68 Å². The number of methoxy groups -OCH3 is 1. The van der Waals surface area contributed by atoms with Crippen molar-refractivity contribution in [2.45, 2.75) is 0 Å². The quantitative estimate of drug-likeness (QED) is 0.717. The van der Waals surface area contributed by atoms with E-state index < -0.39 is 5.43 Å². The van der Waals surface area contributed by atoms with Crippen LogP contribution in [0.15, 0.2) is 35.5 Å². The van der Waals surface area contributed by atoms with Crippen molar-refractivity contribution < 1.29 is 9.53 Å². The molecule has 0 aliphatic heterocycles. The molecule has 0 N–H and O–H groups in total. The van der Waals surface area contributed by atoms with E-state index in [-0.39, 0.29) is 11.4 Å². The first-order valence-corrected chi connectivity index (χ1v) is 4.80. The molecule has 17 heavy (non-hydrogen) atoms. The van der Waals surface area contributed by atoms with Gasteiger partial charge in [0.2, 0.25) is 0 Å². The molecular weight excluding hydrogens is 222 g/mol. The van der Waals surface area contributed by atoms with Crippen LogP contribution in [0.3, 0.4) is 0 Å². The summed E-state index contributed by atoms with van der Waals surface area (Å²) in [4.78, 5) is 26.2. The number of nitrogens with zero attached hydrogens (tertiary/aromatic N) is 3. The zero-order valence-electron chi connectivity index (χ0n) is 9.03. The van der Waals surface area contributed by atoms with Crippen LogP contribution in [-0.2, 0) is 0 Å². The molecule has 2 aromatic rings. The predicted molar refractivity (Wildman–Crippen MR) is 59.6 cm³/mol. The molecule has 0 aliphatic rings. The molecule has 0 amide bonds. The summed E-state index contributed by atoms with van der Waals surface area (Å²) in [5.74, 6) is 0.0684. The minimum atomic E-state index is -0.521. The highest BCUT2D eigenvalue weighted by molar-refractivity contribution is 5.72. The van der Waals surface area contributed by atoms with Crippen LogP contribution in [0.25, 0.3) is 5.69 Å². The molecule has 2 aromatic heterocycles. The Morgan fingerprint density at radius 3 is 2.65 bits per heavy atom. The summed E-state index contributed by atoms with van der Waals surface area (Å²) in [5, 5.41) is 3.90. The number of aromatic nitrogens is 3. The summed E-state index contributed by atoms with van der Waals surface area (Å²) in [5.41, 5.74) is -0.0321. The standard InChI is InChI=1S/C11H9N3O3/c1-17-10-6-14(8-2-4-12-5-3-8)13-9(7-15)11(10)16/h2-7H,1H3. The summed E-state index contributed by atoms with van der Waals surface area (Å²) in [7, 11) is 1.36. The number of ether oxygens (including phenoxy) is 1. The lowest BCUT2D eigenvalue weighted by Gasteiger charge is -2.07. The Balaban J connectivity index is 2.64. The van der Waals surface area contributed by atoms with E-state index >= 15 is 0 Å². The molecule has 0 aromatic carbocycles. The van der Waals surface area contributed by atoms with Gasteiger partial charge < -0.3 is 4.74 Å². The molecule has 2 heterocycles. The van der Waals surface area contributed by atoms with E-state index in [9.17, 15) is 9.59 Å². The molecule has 2 rings (SSSR count). The van der Waals surface area contributed by atoms with Gasteiger partial charge in [-0.15, -0.1) is 0 Å². The highest BCUT2D eigenvalue weighted by Gasteiger charge is 2.09. The predicted octanol–water partition coefficient (Wildman–Crippen LogP) is 0.449. The third kappa shape index (κ3) is 2.05. The largest absolute Gasteiger partial charge is 0.491 e. The van der Waals surface area contributed by atoms with Crippen molar-refractivity contribution in [2.24, 2.45) is 0 Å². The number of carbonyl (C=O) groups is 1. The van der Waals surface area contributed by atoms with Gasteiger partial charge in [-0.1, -0.05) is 0 Å². The fourth-order valence-electron chi connectivity index (χ4n) is 1.34. The second-order valence-electron chi connectivity index (χ2n) is 3.18. The number of rotatable bonds is 3. The second-order valence-corrected chi connectivity index (χ2v) is 3.18. The smallest absolute Gasteiger partial charge is 0.252 e. The first-order chi connectivity index (χ1) is 8.26. The van der Waals surface area contributed by atoms with Gasteiger partial charge in [0, 0.05) is 12.4 Å². The molecule has 0 radical (unpaired) electrons. The molecule has 0 aliphatic carbocycles. The SMILES string of the molecule is COc1cn(-c2ccncc2)nc(C=O)c1=O. The zero-order chi connectivity index (χ0) is 12.3. The zero-order valence-corrected chi connectivity index (χ0v) is 9.03. The number of hydrogen-bond acceptors (Lipinski definition) is 5. The van der Waals surface area contributed by atoms with Crippen molar-refractivity contribution in [3.05, 3.63) is 46.6 Å². The Hall–Kier alpha value is -2.50. The average Bonchev–Trinajstić information content (AvgIpc) is 2.40. The van der Waals surface area contributed by atoms with Gasteiger partial charge in [-0.2, -0.15) is 5.10 Å². The molecule has 0 fully saturated rings. The van der Waals surface area contributed by atoms with Crippen molar-refractivity contribution in [2.75, 3.05) is 7.11 Å². The highest BCUT2D eigenvalue weighted by Crippen LogP contribution is 2.08. The molecule has 0 atom stereocenters. The monoisotopic (exact) mass is 231 g/mol. The van der Waals surface area contributed by atoms with Gasteiger partial charge in [0.15, 0.2) is 17.7 Å². The molecule has 0 unspecified atom stereocenters. The van der Waals surface area contributed by atoms with E-state index in [2.05, 4.69) is 10.1 Å². The van der Waals surface area contributed by atoms with Gasteiger partial charge in [0.05, 0.1) is 19.0 Å². The molecule has 0 bridgehead atoms. The molecular formula is C11H9N3O3. The second kappa shape index (κ2) is 4.56. The summed E-state index contributed by atoms with van der Waals surface area (Å²) in [6, 6.07) is 3.40. The fourth-order valence-corrected chi connectivity index (χ4v) is 1.34. The number of aldehydes is 1. The van der Waals surface area contributed by atoms with Gasteiger partial charge >= 0.3 is 0 Å². The number of carbonyl (C=O) groups excluding carboxylic acids is 1. The first kappa shape index (κ1) is 11.0. The van der Waals surface area contributed by atoms with Crippen LogP contribution in [-0.4, -0.2) is 28.2 Å². The molecule has 6 nitrogen and oxygen atoms in total. The lowest BCUT2D eigenvalue weighted by Crippen LogP contribution is -2.18. The molecule has 0 saturated carbocycles. The molecule has 6 heteroatoms. The van der Waals surface area contributed by atoms with Gasteiger partial charge in [0.1, 0.15) is 0 Å². The summed E-state index contributed by atoms with van der Waals surface area (Å²) in [6.45, 7) is 0. The minimum Gasteiger partial charge on any atom is -0.491 e. The number of pyridine rings is 1. The van der Waals surface area contributed by atoms with Crippen LogP contribution in [0.4, 0.5) is 0 Å². The van der Waals surface area contributed by atoms with Crippen LogP contribution in [0, 0.1) is 0 Å². The Bertz CT molecular complexity index is 593. The van der Waals surface area contributed by atoms with E-state index in [1.165, 1.54) is 18.0 Å². The van der Waals surface area contributed by atoms with E-state index in [1.54, 1.807) is 24.5 Å². The van der Waals surface area contributed by atoms with Crippen LogP contribution in [0.1, 0.15) is 10.5 Å². The maximum atomic E-state index is 11.6. The van der Waals surface area contributed by atoms with Crippen molar-refractivity contribution in [1.29, 1.82) is 0 Å². The third-order valence-electron chi connectivity index (χ3n) is 2.17. The number of hydrogen-bond donors (Lipinski definition) is 0. The van der Waals surface area contributed by atoms with Gasteiger partial charge in [-0.3, -0.25) is 14.6 Å². The van der Waals surface area contributed by atoms with Crippen LogP contribution in [0.2, 0.25) is 0 Å². The van der Waals surface area contributed by atoms with Crippen LogP contribution < -0.4 is 10.2 Å². The topological polar surface area (TPSA) is 74.1 Å². The Morgan fingerprint density at radius 2 is 2.06 bits per heavy atom. The van der Waals surface area contributed by atoms with Crippen molar-refractivity contribution in [1.82, 2.24) is 14.8 Å².